The standard InChI is InChI=1S/C17H15NO6/c1-8-7-23-13-5-14-11(3-10(8)13)9(2)12(17(22)24-14)4-15(19)18-6-16(20)21/h3,5,7H,4,6H2,1-2H3,(H,18,19)(H,20,21). The molecule has 124 valence electrons. The molecule has 2 N–H and O–H groups in total. The second-order valence-corrected chi connectivity index (χ2v) is 5.60. The van der Waals surface area contributed by atoms with Crippen LogP contribution in [-0.2, 0) is 16.0 Å². The number of fused-ring (bicyclic) bond motifs is 2. The molecule has 24 heavy (non-hydrogen) atoms. The van der Waals surface area contributed by atoms with Crippen LogP contribution in [0.1, 0.15) is 16.7 Å². The van der Waals surface area contributed by atoms with Crippen molar-refractivity contribution in [3.05, 3.63) is 45.5 Å². The Kier molecular flexibility index (Phi) is 3.84. The van der Waals surface area contributed by atoms with Crippen LogP contribution in [0.3, 0.4) is 0 Å². The Morgan fingerprint density at radius 1 is 1.17 bits per heavy atom. The van der Waals surface area contributed by atoms with Crippen molar-refractivity contribution < 1.29 is 23.5 Å². The van der Waals surface area contributed by atoms with Crippen LogP contribution >= 0.6 is 0 Å². The lowest BCUT2D eigenvalue weighted by atomic mass is 10.0. The number of carbonyl (C=O) groups excluding carboxylic acids is 1. The lowest BCUT2D eigenvalue weighted by Gasteiger charge is -2.08. The van der Waals surface area contributed by atoms with E-state index in [1.807, 2.05) is 13.0 Å². The first-order chi connectivity index (χ1) is 11.4. The fourth-order valence-corrected chi connectivity index (χ4v) is 2.64. The molecule has 3 rings (SSSR count). The zero-order valence-corrected chi connectivity index (χ0v) is 13.1. The van der Waals surface area contributed by atoms with Crippen LogP contribution in [0.5, 0.6) is 0 Å². The van der Waals surface area contributed by atoms with Crippen molar-refractivity contribution in [2.75, 3.05) is 6.54 Å². The van der Waals surface area contributed by atoms with Gasteiger partial charge in [0.1, 0.15) is 17.7 Å². The minimum absolute atomic E-state index is 0.214. The van der Waals surface area contributed by atoms with E-state index in [9.17, 15) is 14.4 Å². The van der Waals surface area contributed by atoms with Gasteiger partial charge in [-0.05, 0) is 31.0 Å². The third kappa shape index (κ3) is 2.76. The van der Waals surface area contributed by atoms with E-state index in [2.05, 4.69) is 5.32 Å². The van der Waals surface area contributed by atoms with Gasteiger partial charge in [0.25, 0.3) is 0 Å². The van der Waals surface area contributed by atoms with E-state index in [1.165, 1.54) is 0 Å². The average Bonchev–Trinajstić information content (AvgIpc) is 2.88. The highest BCUT2D eigenvalue weighted by Crippen LogP contribution is 2.28. The van der Waals surface area contributed by atoms with Crippen molar-refractivity contribution in [3.63, 3.8) is 0 Å². The summed E-state index contributed by atoms with van der Waals surface area (Å²) in [5.41, 5.74) is 2.19. The maximum atomic E-state index is 12.2. The fourth-order valence-electron chi connectivity index (χ4n) is 2.64. The SMILES string of the molecule is Cc1coc2cc3oc(=O)c(CC(=O)NCC(=O)O)c(C)c3cc12. The molecule has 3 aromatic rings. The molecular formula is C17H15NO6. The van der Waals surface area contributed by atoms with E-state index in [-0.39, 0.29) is 12.0 Å². The molecule has 0 saturated heterocycles. The largest absolute Gasteiger partial charge is 0.480 e. The van der Waals surface area contributed by atoms with Crippen molar-refractivity contribution >= 4 is 33.8 Å². The van der Waals surface area contributed by atoms with Gasteiger partial charge in [0.2, 0.25) is 5.91 Å². The molecule has 0 radical (unpaired) electrons. The second kappa shape index (κ2) is 5.84. The summed E-state index contributed by atoms with van der Waals surface area (Å²) in [7, 11) is 0. The first-order valence-electron chi connectivity index (χ1n) is 7.29. The van der Waals surface area contributed by atoms with Gasteiger partial charge in [-0.1, -0.05) is 0 Å². The van der Waals surface area contributed by atoms with Crippen LogP contribution in [0.2, 0.25) is 0 Å². The van der Waals surface area contributed by atoms with E-state index in [0.29, 0.717) is 22.1 Å². The molecule has 0 atom stereocenters. The molecule has 0 aliphatic rings. The van der Waals surface area contributed by atoms with Crippen molar-refractivity contribution in [1.82, 2.24) is 5.32 Å². The molecule has 7 heteroatoms. The highest BCUT2D eigenvalue weighted by molar-refractivity contribution is 5.96. The first-order valence-corrected chi connectivity index (χ1v) is 7.29. The number of amides is 1. The molecule has 0 spiro atoms. The lowest BCUT2D eigenvalue weighted by molar-refractivity contribution is -0.137. The van der Waals surface area contributed by atoms with Crippen LogP contribution in [-0.4, -0.2) is 23.5 Å². The van der Waals surface area contributed by atoms with E-state index in [0.717, 1.165) is 10.9 Å². The fraction of sp³-hybridized carbons (Fsp3) is 0.235. The zero-order chi connectivity index (χ0) is 17.4. The summed E-state index contributed by atoms with van der Waals surface area (Å²) < 4.78 is 10.7. The van der Waals surface area contributed by atoms with Gasteiger partial charge >= 0.3 is 11.6 Å². The van der Waals surface area contributed by atoms with E-state index >= 15 is 0 Å². The monoisotopic (exact) mass is 329 g/mol. The summed E-state index contributed by atoms with van der Waals surface area (Å²) in [4.78, 5) is 34.5. The Balaban J connectivity index is 2.06. The topological polar surface area (TPSA) is 110 Å². The molecule has 2 aromatic heterocycles. The predicted molar refractivity (Wildman–Crippen MR) is 86.1 cm³/mol. The molecule has 0 saturated carbocycles. The number of rotatable bonds is 4. The predicted octanol–water partition coefficient (Wildman–Crippen LogP) is 1.90. The molecule has 1 aromatic carbocycles. The Morgan fingerprint density at radius 3 is 2.62 bits per heavy atom. The molecule has 0 bridgehead atoms. The Morgan fingerprint density at radius 2 is 1.92 bits per heavy atom. The highest BCUT2D eigenvalue weighted by atomic mass is 16.4. The quantitative estimate of drug-likeness (QED) is 0.707. The number of hydrogen-bond acceptors (Lipinski definition) is 5. The Hall–Kier alpha value is -3.09. The van der Waals surface area contributed by atoms with Crippen molar-refractivity contribution in [2.45, 2.75) is 20.3 Å². The van der Waals surface area contributed by atoms with Crippen LogP contribution in [0, 0.1) is 13.8 Å². The van der Waals surface area contributed by atoms with Crippen molar-refractivity contribution in [2.24, 2.45) is 0 Å². The molecular weight excluding hydrogens is 314 g/mol. The number of furan rings is 1. The summed E-state index contributed by atoms with van der Waals surface area (Å²) in [6, 6.07) is 3.51. The van der Waals surface area contributed by atoms with Crippen molar-refractivity contribution in [3.8, 4) is 0 Å². The molecule has 2 heterocycles. The number of aliphatic carboxylic acids is 1. The summed E-state index contributed by atoms with van der Waals surface area (Å²) >= 11 is 0. The van der Waals surface area contributed by atoms with Crippen LogP contribution in [0.25, 0.3) is 21.9 Å². The average molecular weight is 329 g/mol. The normalized spacial score (nSPS) is 11.1. The molecule has 0 unspecified atom stereocenters. The summed E-state index contributed by atoms with van der Waals surface area (Å²) in [5, 5.41) is 12.4. The summed E-state index contributed by atoms with van der Waals surface area (Å²) in [5.74, 6) is -1.70. The van der Waals surface area contributed by atoms with Gasteiger partial charge in [0.05, 0.1) is 18.2 Å². The van der Waals surface area contributed by atoms with Crippen molar-refractivity contribution in [1.29, 1.82) is 0 Å². The minimum Gasteiger partial charge on any atom is -0.480 e. The zero-order valence-electron chi connectivity index (χ0n) is 13.1. The van der Waals surface area contributed by atoms with Crippen LogP contribution < -0.4 is 10.9 Å². The van der Waals surface area contributed by atoms with Gasteiger partial charge in [0.15, 0.2) is 0 Å². The number of aryl methyl sites for hydroxylation is 2. The highest BCUT2D eigenvalue weighted by Gasteiger charge is 2.17. The summed E-state index contributed by atoms with van der Waals surface area (Å²) in [6.07, 6.45) is 1.39. The summed E-state index contributed by atoms with van der Waals surface area (Å²) in [6.45, 7) is 3.15. The third-order valence-electron chi connectivity index (χ3n) is 3.95. The van der Waals surface area contributed by atoms with E-state index in [4.69, 9.17) is 13.9 Å². The molecule has 0 aliphatic heterocycles. The number of carboxylic acids is 1. The number of carboxylic acid groups (broad SMARTS) is 1. The van der Waals surface area contributed by atoms with Crippen LogP contribution in [0.15, 0.2) is 32.0 Å². The van der Waals surface area contributed by atoms with Gasteiger partial charge in [-0.3, -0.25) is 9.59 Å². The number of benzene rings is 1. The van der Waals surface area contributed by atoms with E-state index in [1.54, 1.807) is 19.3 Å². The minimum atomic E-state index is -1.15. The number of nitrogens with one attached hydrogen (secondary N) is 1. The molecule has 0 fully saturated rings. The van der Waals surface area contributed by atoms with Crippen LogP contribution in [0.4, 0.5) is 0 Å². The molecule has 1 amide bonds. The second-order valence-electron chi connectivity index (χ2n) is 5.60. The van der Waals surface area contributed by atoms with Gasteiger partial charge in [-0.15, -0.1) is 0 Å². The molecule has 7 nitrogen and oxygen atoms in total. The van der Waals surface area contributed by atoms with E-state index < -0.39 is 24.0 Å². The third-order valence-corrected chi connectivity index (χ3v) is 3.95. The Bertz CT molecular complexity index is 1030. The van der Waals surface area contributed by atoms with Gasteiger partial charge in [-0.25, -0.2) is 4.79 Å². The first kappa shape index (κ1) is 15.8. The molecule has 0 aliphatic carbocycles. The smallest absolute Gasteiger partial charge is 0.340 e. The van der Waals surface area contributed by atoms with Gasteiger partial charge in [0, 0.05) is 16.8 Å². The van der Waals surface area contributed by atoms with Gasteiger partial charge in [-0.2, -0.15) is 0 Å². The lowest BCUT2D eigenvalue weighted by Crippen LogP contribution is -2.32. The maximum absolute atomic E-state index is 12.2. The van der Waals surface area contributed by atoms with Gasteiger partial charge < -0.3 is 19.3 Å². The number of carbonyl (C=O) groups is 2. The Labute approximate surface area is 135 Å². The maximum Gasteiger partial charge on any atom is 0.340 e. The number of hydrogen-bond donors (Lipinski definition) is 2.